The molecule has 1 aromatic rings. The van der Waals surface area contributed by atoms with Crippen LogP contribution in [0, 0.1) is 18.2 Å². The van der Waals surface area contributed by atoms with Crippen molar-refractivity contribution in [3.05, 3.63) is 35.1 Å². The number of urea groups is 1. The van der Waals surface area contributed by atoms with Gasteiger partial charge in [-0.3, -0.25) is 0 Å². The lowest BCUT2D eigenvalue weighted by Gasteiger charge is -2.44. The lowest BCUT2D eigenvalue weighted by Crippen LogP contribution is -2.49. The molecule has 1 spiro atoms. The normalized spacial score (nSPS) is 21.5. The van der Waals surface area contributed by atoms with Gasteiger partial charge in [-0.2, -0.15) is 0 Å². The minimum atomic E-state index is -0.229. The first-order valence-corrected chi connectivity index (χ1v) is 8.88. The number of rotatable bonds is 2. The summed E-state index contributed by atoms with van der Waals surface area (Å²) in [6, 6.07) is 4.88. The molecule has 1 unspecified atom stereocenters. The van der Waals surface area contributed by atoms with Gasteiger partial charge in [0.2, 0.25) is 0 Å². The molecule has 2 aliphatic rings. The predicted octanol–water partition coefficient (Wildman–Crippen LogP) is 3.80. The fraction of sp³-hybridized carbons (Fsp3) is 0.632. The van der Waals surface area contributed by atoms with Crippen molar-refractivity contribution >= 4 is 6.03 Å². The van der Waals surface area contributed by atoms with Crippen molar-refractivity contribution in [3.8, 4) is 0 Å². The zero-order chi connectivity index (χ0) is 17.2. The summed E-state index contributed by atoms with van der Waals surface area (Å²) in [5.41, 5.74) is 1.79. The third-order valence-electron chi connectivity index (χ3n) is 5.70. The molecule has 5 heteroatoms. The molecule has 2 saturated heterocycles. The third-order valence-corrected chi connectivity index (χ3v) is 5.70. The van der Waals surface area contributed by atoms with Crippen LogP contribution in [0.4, 0.5) is 9.18 Å². The van der Waals surface area contributed by atoms with E-state index in [0.717, 1.165) is 57.6 Å². The number of amides is 2. The quantitative estimate of drug-likeness (QED) is 0.894. The van der Waals surface area contributed by atoms with Crippen molar-refractivity contribution in [2.24, 2.45) is 5.41 Å². The average molecular weight is 334 g/mol. The topological polar surface area (TPSA) is 41.6 Å². The molecule has 132 valence electrons. The van der Waals surface area contributed by atoms with Crippen molar-refractivity contribution in [2.75, 3.05) is 26.3 Å². The van der Waals surface area contributed by atoms with Gasteiger partial charge >= 0.3 is 6.03 Å². The molecular formula is C19H27FN2O2. The number of nitrogens with zero attached hydrogens (tertiary/aromatic N) is 1. The second-order valence-electron chi connectivity index (χ2n) is 7.28. The van der Waals surface area contributed by atoms with E-state index in [-0.39, 0.29) is 17.9 Å². The largest absolute Gasteiger partial charge is 0.381 e. The Morgan fingerprint density at radius 2 is 1.92 bits per heavy atom. The standard InChI is InChI=1S/C19H27FN2O2/c1-14-3-4-16(13-17(14)20)15(2)21-18(23)22-9-5-19(6-10-22)7-11-24-12-8-19/h3-4,13,15H,5-12H2,1-2H3,(H,21,23). The Morgan fingerprint density at radius 3 is 2.54 bits per heavy atom. The zero-order valence-electron chi connectivity index (χ0n) is 14.6. The van der Waals surface area contributed by atoms with Gasteiger partial charge in [-0.25, -0.2) is 9.18 Å². The highest BCUT2D eigenvalue weighted by Gasteiger charge is 2.37. The third kappa shape index (κ3) is 3.72. The van der Waals surface area contributed by atoms with Crippen molar-refractivity contribution in [1.29, 1.82) is 0 Å². The first-order chi connectivity index (χ1) is 11.5. The number of likely N-dealkylation sites (tertiary alicyclic amines) is 1. The van der Waals surface area contributed by atoms with E-state index < -0.39 is 0 Å². The summed E-state index contributed by atoms with van der Waals surface area (Å²) >= 11 is 0. The number of ether oxygens (including phenoxy) is 1. The van der Waals surface area contributed by atoms with Gasteiger partial charge < -0.3 is 15.0 Å². The predicted molar refractivity (Wildman–Crippen MR) is 91.4 cm³/mol. The van der Waals surface area contributed by atoms with Crippen LogP contribution in [0.25, 0.3) is 0 Å². The van der Waals surface area contributed by atoms with Crippen LogP contribution in [-0.2, 0) is 4.74 Å². The van der Waals surface area contributed by atoms with E-state index in [1.54, 1.807) is 13.0 Å². The van der Waals surface area contributed by atoms with Crippen LogP contribution < -0.4 is 5.32 Å². The Bertz CT molecular complexity index is 589. The molecule has 2 fully saturated rings. The van der Waals surface area contributed by atoms with Gasteiger partial charge in [-0.15, -0.1) is 0 Å². The number of carbonyl (C=O) groups is 1. The van der Waals surface area contributed by atoms with Gasteiger partial charge in [-0.1, -0.05) is 12.1 Å². The maximum atomic E-state index is 13.7. The number of hydrogen-bond acceptors (Lipinski definition) is 2. The summed E-state index contributed by atoms with van der Waals surface area (Å²) in [7, 11) is 0. The summed E-state index contributed by atoms with van der Waals surface area (Å²) < 4.78 is 19.2. The minimum absolute atomic E-state index is 0.0506. The number of benzene rings is 1. The van der Waals surface area contributed by atoms with Gasteiger partial charge in [0.25, 0.3) is 0 Å². The Kier molecular flexibility index (Phi) is 5.09. The van der Waals surface area contributed by atoms with Gasteiger partial charge in [0, 0.05) is 26.3 Å². The minimum Gasteiger partial charge on any atom is -0.381 e. The molecular weight excluding hydrogens is 307 g/mol. The molecule has 3 rings (SSSR count). The Labute approximate surface area is 143 Å². The van der Waals surface area contributed by atoms with Crippen LogP contribution in [0.5, 0.6) is 0 Å². The van der Waals surface area contributed by atoms with Crippen LogP contribution in [-0.4, -0.2) is 37.2 Å². The van der Waals surface area contributed by atoms with E-state index in [0.29, 0.717) is 11.0 Å². The van der Waals surface area contributed by atoms with E-state index >= 15 is 0 Å². The highest BCUT2D eigenvalue weighted by Crippen LogP contribution is 2.40. The lowest BCUT2D eigenvalue weighted by molar-refractivity contribution is -0.0146. The summed E-state index contributed by atoms with van der Waals surface area (Å²) in [5, 5.41) is 3.00. The first-order valence-electron chi connectivity index (χ1n) is 8.88. The molecule has 4 nitrogen and oxygen atoms in total. The maximum Gasteiger partial charge on any atom is 0.317 e. The fourth-order valence-corrected chi connectivity index (χ4v) is 3.73. The van der Waals surface area contributed by atoms with Gasteiger partial charge in [0.15, 0.2) is 0 Å². The molecule has 1 N–H and O–H groups in total. The van der Waals surface area contributed by atoms with Crippen molar-refractivity contribution in [3.63, 3.8) is 0 Å². The number of nitrogens with one attached hydrogen (secondary N) is 1. The van der Waals surface area contributed by atoms with Crippen LogP contribution in [0.1, 0.15) is 49.8 Å². The maximum absolute atomic E-state index is 13.7. The Balaban J connectivity index is 1.54. The number of carbonyl (C=O) groups excluding carboxylic acids is 1. The summed E-state index contributed by atoms with van der Waals surface area (Å²) in [6.45, 7) is 6.92. The van der Waals surface area contributed by atoms with E-state index in [1.165, 1.54) is 6.07 Å². The van der Waals surface area contributed by atoms with E-state index in [4.69, 9.17) is 4.74 Å². The average Bonchev–Trinajstić information content (AvgIpc) is 2.58. The second kappa shape index (κ2) is 7.09. The van der Waals surface area contributed by atoms with Gasteiger partial charge in [0.05, 0.1) is 6.04 Å². The molecule has 2 heterocycles. The number of halogens is 1. The van der Waals surface area contributed by atoms with Crippen molar-refractivity contribution < 1.29 is 13.9 Å². The molecule has 2 amide bonds. The molecule has 1 aromatic carbocycles. The molecule has 0 saturated carbocycles. The molecule has 0 bridgehead atoms. The van der Waals surface area contributed by atoms with Gasteiger partial charge in [-0.05, 0) is 62.1 Å². The highest BCUT2D eigenvalue weighted by atomic mass is 19.1. The lowest BCUT2D eigenvalue weighted by atomic mass is 9.72. The van der Waals surface area contributed by atoms with Crippen LogP contribution in [0.2, 0.25) is 0 Å². The molecule has 2 aliphatic heterocycles. The smallest absolute Gasteiger partial charge is 0.317 e. The monoisotopic (exact) mass is 334 g/mol. The van der Waals surface area contributed by atoms with Crippen LogP contribution >= 0.6 is 0 Å². The fourth-order valence-electron chi connectivity index (χ4n) is 3.73. The van der Waals surface area contributed by atoms with E-state index in [2.05, 4.69) is 5.32 Å². The van der Waals surface area contributed by atoms with Gasteiger partial charge in [0.1, 0.15) is 5.82 Å². The SMILES string of the molecule is Cc1ccc(C(C)NC(=O)N2CCC3(CCOCC3)CC2)cc1F. The number of aryl methyl sites for hydroxylation is 1. The second-order valence-corrected chi connectivity index (χ2v) is 7.28. The zero-order valence-corrected chi connectivity index (χ0v) is 14.6. The number of piperidine rings is 1. The number of hydrogen-bond donors (Lipinski definition) is 1. The Hall–Kier alpha value is -1.62. The highest BCUT2D eigenvalue weighted by molar-refractivity contribution is 5.74. The molecule has 0 aliphatic carbocycles. The molecule has 0 radical (unpaired) electrons. The first kappa shape index (κ1) is 17.2. The summed E-state index contributed by atoms with van der Waals surface area (Å²) in [6.07, 6.45) is 4.33. The molecule has 24 heavy (non-hydrogen) atoms. The molecule has 1 atom stereocenters. The van der Waals surface area contributed by atoms with Crippen molar-refractivity contribution in [2.45, 2.75) is 45.6 Å². The summed E-state index contributed by atoms with van der Waals surface area (Å²) in [4.78, 5) is 14.4. The Morgan fingerprint density at radius 1 is 1.25 bits per heavy atom. The van der Waals surface area contributed by atoms with Crippen molar-refractivity contribution in [1.82, 2.24) is 10.2 Å². The van der Waals surface area contributed by atoms with Crippen LogP contribution in [0.15, 0.2) is 18.2 Å². The van der Waals surface area contributed by atoms with E-state index in [1.807, 2.05) is 17.9 Å². The van der Waals surface area contributed by atoms with E-state index in [9.17, 15) is 9.18 Å². The molecule has 0 aromatic heterocycles. The van der Waals surface area contributed by atoms with Crippen LogP contribution in [0.3, 0.4) is 0 Å². The summed E-state index contributed by atoms with van der Waals surface area (Å²) in [5.74, 6) is -0.229.